The van der Waals surface area contributed by atoms with Crippen LogP contribution in [0.25, 0.3) is 0 Å². The Kier molecular flexibility index (Phi) is 6.79. The second kappa shape index (κ2) is 9.89. The molecular formula is C23H32N6O2+2. The van der Waals surface area contributed by atoms with Gasteiger partial charge in [-0.05, 0) is 40.6 Å². The molecule has 2 aromatic carbocycles. The summed E-state index contributed by atoms with van der Waals surface area (Å²) in [4.78, 5) is 3.05. The van der Waals surface area contributed by atoms with Gasteiger partial charge >= 0.3 is 0 Å². The number of hydrogen-bond acceptors (Lipinski definition) is 5. The summed E-state index contributed by atoms with van der Waals surface area (Å²) in [5.74, 6) is 2.36. The fourth-order valence-electron chi connectivity index (χ4n) is 4.34. The van der Waals surface area contributed by atoms with E-state index in [-0.39, 0.29) is 6.04 Å². The van der Waals surface area contributed by atoms with E-state index in [1.54, 1.807) is 19.1 Å². The summed E-state index contributed by atoms with van der Waals surface area (Å²) < 4.78 is 13.0. The molecule has 8 heteroatoms. The third kappa shape index (κ3) is 4.86. The lowest BCUT2D eigenvalue weighted by atomic mass is 10.0. The highest BCUT2D eigenvalue weighted by Gasteiger charge is 2.35. The molecule has 0 radical (unpaired) electrons. The Hall–Kier alpha value is -2.97. The van der Waals surface area contributed by atoms with Crippen molar-refractivity contribution in [1.82, 2.24) is 20.2 Å². The van der Waals surface area contributed by atoms with Crippen LogP contribution in [0.1, 0.15) is 23.0 Å². The molecule has 4 rings (SSSR count). The van der Waals surface area contributed by atoms with E-state index < -0.39 is 0 Å². The van der Waals surface area contributed by atoms with Crippen molar-refractivity contribution in [3.05, 3.63) is 65.5 Å². The Balaban J connectivity index is 1.66. The number of aryl methyl sites for hydroxylation is 2. The van der Waals surface area contributed by atoms with Crippen molar-refractivity contribution in [2.45, 2.75) is 19.0 Å². The molecule has 0 unspecified atom stereocenters. The molecule has 1 aliphatic rings. The summed E-state index contributed by atoms with van der Waals surface area (Å²) in [6, 6.07) is 16.7. The molecule has 2 N–H and O–H groups in total. The van der Waals surface area contributed by atoms with Gasteiger partial charge in [0.15, 0.2) is 17.5 Å². The van der Waals surface area contributed by atoms with Gasteiger partial charge in [0, 0.05) is 12.1 Å². The zero-order chi connectivity index (χ0) is 21.6. The second-order valence-electron chi connectivity index (χ2n) is 8.16. The standard InChI is InChI=1S/C23H30N6O2/c1-27-13-15-28(16-14-27)22(19-9-10-20(30-2)21(17-19)31-3)23-24-25-26-29(23)12-11-18-7-5-4-6-8-18/h4-10,17,22H,11-16H2,1-3H3/p+2/t22-/m1/s1. The Bertz CT molecular complexity index is 969. The predicted octanol–water partition coefficient (Wildman–Crippen LogP) is -0.564. The number of tetrazole rings is 1. The summed E-state index contributed by atoms with van der Waals surface area (Å²) >= 11 is 0. The van der Waals surface area contributed by atoms with E-state index in [0.717, 1.165) is 62.0 Å². The average Bonchev–Trinajstić information content (AvgIpc) is 3.27. The van der Waals surface area contributed by atoms with Crippen molar-refractivity contribution in [3.63, 3.8) is 0 Å². The van der Waals surface area contributed by atoms with Crippen LogP contribution in [0.5, 0.6) is 11.5 Å². The molecule has 1 fully saturated rings. The summed E-state index contributed by atoms with van der Waals surface area (Å²) in [7, 11) is 5.59. The van der Waals surface area contributed by atoms with Crippen molar-refractivity contribution in [3.8, 4) is 11.5 Å². The lowest BCUT2D eigenvalue weighted by Gasteiger charge is -2.33. The van der Waals surface area contributed by atoms with Crippen LogP contribution in [0.3, 0.4) is 0 Å². The van der Waals surface area contributed by atoms with Gasteiger partial charge in [0.25, 0.3) is 0 Å². The van der Waals surface area contributed by atoms with Gasteiger partial charge < -0.3 is 19.3 Å². The SMILES string of the molecule is COc1ccc([C@H](c2nnnn2CCc2ccccc2)[NH+]2CC[NH+](C)CC2)cc1OC. The fraction of sp³-hybridized carbons (Fsp3) is 0.435. The van der Waals surface area contributed by atoms with E-state index in [0.29, 0.717) is 0 Å². The highest BCUT2D eigenvalue weighted by molar-refractivity contribution is 5.44. The molecule has 3 aromatic rings. The van der Waals surface area contributed by atoms with Crippen molar-refractivity contribution >= 4 is 0 Å². The first-order valence-electron chi connectivity index (χ1n) is 10.9. The quantitative estimate of drug-likeness (QED) is 0.507. The molecule has 1 saturated heterocycles. The first-order valence-corrected chi connectivity index (χ1v) is 10.9. The summed E-state index contributed by atoms with van der Waals surface area (Å²) in [6.45, 7) is 5.14. The number of quaternary nitrogens is 2. The Morgan fingerprint density at radius 2 is 1.71 bits per heavy atom. The van der Waals surface area contributed by atoms with Crippen molar-refractivity contribution in [1.29, 1.82) is 0 Å². The molecule has 0 bridgehead atoms. The molecule has 2 heterocycles. The van der Waals surface area contributed by atoms with Crippen LogP contribution in [0.15, 0.2) is 48.5 Å². The van der Waals surface area contributed by atoms with Crippen molar-refractivity contribution < 1.29 is 19.3 Å². The van der Waals surface area contributed by atoms with E-state index >= 15 is 0 Å². The van der Waals surface area contributed by atoms with Crippen LogP contribution in [-0.4, -0.2) is 67.7 Å². The average molecular weight is 425 g/mol. The van der Waals surface area contributed by atoms with Gasteiger partial charge in [0.2, 0.25) is 5.82 Å². The minimum Gasteiger partial charge on any atom is -0.493 e. The highest BCUT2D eigenvalue weighted by atomic mass is 16.5. The zero-order valence-electron chi connectivity index (χ0n) is 18.5. The first kappa shape index (κ1) is 21.3. The minimum absolute atomic E-state index is 0.0404. The molecule has 1 aliphatic heterocycles. The summed E-state index contributed by atoms with van der Waals surface area (Å²) in [6.07, 6.45) is 0.889. The molecule has 164 valence electrons. The molecule has 0 aliphatic carbocycles. The summed E-state index contributed by atoms with van der Waals surface area (Å²) in [5, 5.41) is 12.9. The van der Waals surface area contributed by atoms with Crippen LogP contribution in [0.4, 0.5) is 0 Å². The maximum Gasteiger partial charge on any atom is 0.214 e. The molecule has 0 saturated carbocycles. The Labute approximate surface area is 183 Å². The zero-order valence-corrected chi connectivity index (χ0v) is 18.5. The van der Waals surface area contributed by atoms with Crippen LogP contribution >= 0.6 is 0 Å². The maximum atomic E-state index is 5.59. The smallest absolute Gasteiger partial charge is 0.214 e. The summed E-state index contributed by atoms with van der Waals surface area (Å²) in [5.41, 5.74) is 2.42. The van der Waals surface area contributed by atoms with E-state index in [1.807, 2.05) is 16.8 Å². The van der Waals surface area contributed by atoms with Crippen LogP contribution in [0.2, 0.25) is 0 Å². The van der Waals surface area contributed by atoms with Crippen molar-refractivity contribution in [2.24, 2.45) is 0 Å². The van der Waals surface area contributed by atoms with E-state index in [4.69, 9.17) is 9.47 Å². The Morgan fingerprint density at radius 3 is 2.42 bits per heavy atom. The van der Waals surface area contributed by atoms with Gasteiger partial charge in [-0.25, -0.2) is 4.68 Å². The van der Waals surface area contributed by atoms with Gasteiger partial charge in [-0.3, -0.25) is 0 Å². The highest BCUT2D eigenvalue weighted by Crippen LogP contribution is 2.30. The van der Waals surface area contributed by atoms with Gasteiger partial charge in [-0.2, -0.15) is 0 Å². The van der Waals surface area contributed by atoms with E-state index in [9.17, 15) is 0 Å². The Morgan fingerprint density at radius 1 is 0.968 bits per heavy atom. The van der Waals surface area contributed by atoms with Crippen LogP contribution in [0, 0.1) is 0 Å². The molecule has 1 atom stereocenters. The first-order chi connectivity index (χ1) is 15.2. The minimum atomic E-state index is 0.0404. The number of piperazine rings is 1. The number of ether oxygens (including phenoxy) is 2. The molecule has 8 nitrogen and oxygen atoms in total. The van der Waals surface area contributed by atoms with E-state index in [1.165, 1.54) is 10.5 Å². The molecule has 0 amide bonds. The number of benzene rings is 2. The second-order valence-corrected chi connectivity index (χ2v) is 8.16. The predicted molar refractivity (Wildman–Crippen MR) is 117 cm³/mol. The van der Waals surface area contributed by atoms with Gasteiger partial charge in [0.1, 0.15) is 26.2 Å². The third-order valence-corrected chi connectivity index (χ3v) is 6.17. The number of nitrogens with zero attached hydrogens (tertiary/aromatic N) is 4. The van der Waals surface area contributed by atoms with Crippen LogP contribution < -0.4 is 19.3 Å². The molecule has 0 spiro atoms. The van der Waals surface area contributed by atoms with Gasteiger partial charge in [-0.1, -0.05) is 30.3 Å². The van der Waals surface area contributed by atoms with Crippen molar-refractivity contribution in [2.75, 3.05) is 47.4 Å². The van der Waals surface area contributed by atoms with Gasteiger partial charge in [0.05, 0.1) is 21.3 Å². The number of nitrogens with one attached hydrogen (secondary N) is 2. The lowest BCUT2D eigenvalue weighted by molar-refractivity contribution is -1.02. The maximum absolute atomic E-state index is 5.59. The van der Waals surface area contributed by atoms with Gasteiger partial charge in [-0.15, -0.1) is 5.10 Å². The third-order valence-electron chi connectivity index (χ3n) is 6.17. The largest absolute Gasteiger partial charge is 0.493 e. The molecule has 1 aromatic heterocycles. The number of likely N-dealkylation sites (N-methyl/N-ethyl adjacent to an activating group) is 1. The lowest BCUT2D eigenvalue weighted by Crippen LogP contribution is -3.27. The number of aromatic nitrogens is 4. The monoisotopic (exact) mass is 424 g/mol. The number of hydrogen-bond donors (Lipinski definition) is 2. The fourth-order valence-corrected chi connectivity index (χ4v) is 4.34. The normalized spacial score (nSPS) is 19.7. The molecular weight excluding hydrogens is 392 g/mol. The van der Waals surface area contributed by atoms with Crippen LogP contribution in [-0.2, 0) is 13.0 Å². The molecule has 31 heavy (non-hydrogen) atoms. The topological polar surface area (TPSA) is 70.9 Å². The number of methoxy groups -OCH3 is 2. The van der Waals surface area contributed by atoms with E-state index in [2.05, 4.69) is 59.0 Å². The number of rotatable bonds is 8.